The summed E-state index contributed by atoms with van der Waals surface area (Å²) < 4.78 is 0. The van der Waals surface area contributed by atoms with E-state index in [9.17, 15) is 34.2 Å². The van der Waals surface area contributed by atoms with Crippen molar-refractivity contribution >= 4 is 53.2 Å². The van der Waals surface area contributed by atoms with Gasteiger partial charge in [0.1, 0.15) is 18.1 Å². The Morgan fingerprint density at radius 1 is 0.943 bits per heavy atom. The topological polar surface area (TPSA) is 224 Å². The van der Waals surface area contributed by atoms with E-state index in [1.165, 1.54) is 0 Å². The number of nitrogens with two attached hydrogens (primary N) is 1. The number of aliphatic carboxylic acids is 2. The van der Waals surface area contributed by atoms with E-state index in [4.69, 9.17) is 10.8 Å². The number of hydrogen-bond acceptors (Lipinski definition) is 8. The van der Waals surface area contributed by atoms with Crippen molar-refractivity contribution in [3.05, 3.63) is 36.0 Å². The van der Waals surface area contributed by atoms with Crippen LogP contribution in [0.15, 0.2) is 30.5 Å². The highest BCUT2D eigenvalue weighted by Crippen LogP contribution is 2.19. The molecular formula is C21H27N5O8S. The highest BCUT2D eigenvalue weighted by atomic mass is 32.1. The average Bonchev–Trinajstić information content (AvgIpc) is 3.22. The fraction of sp³-hybridized carbons (Fsp3) is 0.381. The van der Waals surface area contributed by atoms with Gasteiger partial charge in [-0.3, -0.25) is 19.2 Å². The highest BCUT2D eigenvalue weighted by Gasteiger charge is 2.30. The van der Waals surface area contributed by atoms with Gasteiger partial charge in [0.25, 0.3) is 0 Å². The molecule has 3 amide bonds. The molecule has 4 unspecified atom stereocenters. The van der Waals surface area contributed by atoms with Crippen LogP contribution in [-0.2, 0) is 30.4 Å². The van der Waals surface area contributed by atoms with Gasteiger partial charge in [0, 0.05) is 29.3 Å². The number of carbonyl (C=O) groups excluding carboxylic acids is 3. The molecule has 0 fully saturated rings. The zero-order valence-electron chi connectivity index (χ0n) is 18.4. The Hall–Kier alpha value is -3.62. The Kier molecular flexibility index (Phi) is 10.1. The van der Waals surface area contributed by atoms with Gasteiger partial charge >= 0.3 is 11.9 Å². The first-order valence-electron chi connectivity index (χ1n) is 10.4. The van der Waals surface area contributed by atoms with Gasteiger partial charge in [0.05, 0.1) is 19.1 Å². The summed E-state index contributed by atoms with van der Waals surface area (Å²) in [7, 11) is 0. The first-order valence-corrected chi connectivity index (χ1v) is 11.1. The molecule has 190 valence electrons. The van der Waals surface area contributed by atoms with E-state index in [0.717, 1.165) is 10.9 Å². The molecule has 0 aliphatic heterocycles. The van der Waals surface area contributed by atoms with Gasteiger partial charge in [-0.05, 0) is 11.6 Å². The summed E-state index contributed by atoms with van der Waals surface area (Å²) in [5.41, 5.74) is 6.90. The Balaban J connectivity index is 2.03. The number of carboxylic acid groups (broad SMARTS) is 2. The van der Waals surface area contributed by atoms with Gasteiger partial charge in [-0.2, -0.15) is 12.6 Å². The molecular weight excluding hydrogens is 482 g/mol. The molecule has 35 heavy (non-hydrogen) atoms. The molecule has 0 radical (unpaired) electrons. The lowest BCUT2D eigenvalue weighted by Crippen LogP contribution is -2.58. The average molecular weight is 510 g/mol. The Bertz CT molecular complexity index is 1090. The maximum Gasteiger partial charge on any atom is 0.326 e. The van der Waals surface area contributed by atoms with Crippen LogP contribution in [0, 0.1) is 0 Å². The smallest absolute Gasteiger partial charge is 0.326 e. The summed E-state index contributed by atoms with van der Waals surface area (Å²) in [6.07, 6.45) is 0.920. The summed E-state index contributed by atoms with van der Waals surface area (Å²) >= 11 is 4.02. The number of H-pyrrole nitrogens is 1. The van der Waals surface area contributed by atoms with Crippen molar-refractivity contribution in [2.45, 2.75) is 37.0 Å². The molecule has 0 saturated carbocycles. The second kappa shape index (κ2) is 12.7. The monoisotopic (exact) mass is 509 g/mol. The number of aliphatic hydroxyl groups excluding tert-OH is 1. The lowest BCUT2D eigenvalue weighted by atomic mass is 10.0. The molecule has 0 aliphatic rings. The summed E-state index contributed by atoms with van der Waals surface area (Å²) in [5.74, 6) is -5.64. The lowest BCUT2D eigenvalue weighted by molar-refractivity contribution is -0.142. The zero-order valence-corrected chi connectivity index (χ0v) is 19.3. The number of aliphatic hydroxyl groups is 1. The number of nitrogens with one attached hydrogen (secondary N) is 4. The molecule has 14 heteroatoms. The maximum absolute atomic E-state index is 12.7. The molecule has 2 rings (SSSR count). The normalized spacial score (nSPS) is 14.4. The van der Waals surface area contributed by atoms with Gasteiger partial charge in [0.2, 0.25) is 17.7 Å². The van der Waals surface area contributed by atoms with Crippen LogP contribution in [-0.4, -0.2) is 86.5 Å². The van der Waals surface area contributed by atoms with E-state index in [0.29, 0.717) is 5.56 Å². The lowest BCUT2D eigenvalue weighted by Gasteiger charge is -2.23. The molecule has 0 aliphatic carbocycles. The van der Waals surface area contributed by atoms with Crippen LogP contribution in [0.4, 0.5) is 0 Å². The van der Waals surface area contributed by atoms with Crippen molar-refractivity contribution in [3.63, 3.8) is 0 Å². The minimum Gasteiger partial charge on any atom is -0.481 e. The molecule has 9 N–H and O–H groups in total. The van der Waals surface area contributed by atoms with E-state index >= 15 is 0 Å². The summed E-state index contributed by atoms with van der Waals surface area (Å²) in [5, 5.41) is 35.3. The van der Waals surface area contributed by atoms with E-state index in [1.54, 1.807) is 12.3 Å². The van der Waals surface area contributed by atoms with Crippen molar-refractivity contribution in [3.8, 4) is 0 Å². The van der Waals surface area contributed by atoms with Crippen molar-refractivity contribution in [1.82, 2.24) is 20.9 Å². The van der Waals surface area contributed by atoms with Crippen LogP contribution in [0.2, 0.25) is 0 Å². The van der Waals surface area contributed by atoms with Crippen molar-refractivity contribution < 1.29 is 39.3 Å². The summed E-state index contributed by atoms with van der Waals surface area (Å²) in [4.78, 5) is 62.6. The number of hydrogen-bond donors (Lipinski definition) is 9. The predicted molar refractivity (Wildman–Crippen MR) is 127 cm³/mol. The molecule has 1 aromatic carbocycles. The number of thiol groups is 1. The van der Waals surface area contributed by atoms with Crippen LogP contribution in [0.3, 0.4) is 0 Å². The minimum absolute atomic E-state index is 0.0326. The Morgan fingerprint density at radius 3 is 2.14 bits per heavy atom. The summed E-state index contributed by atoms with van der Waals surface area (Å²) in [6.45, 7) is -0.864. The van der Waals surface area contributed by atoms with Crippen molar-refractivity contribution in [2.24, 2.45) is 5.73 Å². The standard InChI is InChI=1S/C21H27N5O8S/c22-12(6-17(28)29)18(30)25-15(8-27)19(31)26-16(9-35)20(32)24-14(21(33)34)5-10-7-23-13-4-2-1-3-11(10)13/h1-4,7,12,14-16,23,27,35H,5-6,8-9,22H2,(H,24,32)(H,25,30)(H,26,31)(H,28,29)(H,33,34). The van der Waals surface area contributed by atoms with Gasteiger partial charge in [-0.15, -0.1) is 0 Å². The molecule has 0 spiro atoms. The van der Waals surface area contributed by atoms with E-state index in [2.05, 4.69) is 33.6 Å². The number of benzene rings is 1. The third-order valence-electron chi connectivity index (χ3n) is 5.08. The number of aromatic nitrogens is 1. The Labute approximate surface area is 204 Å². The van der Waals surface area contributed by atoms with Gasteiger partial charge in [0.15, 0.2) is 0 Å². The molecule has 0 bridgehead atoms. The second-order valence-corrected chi connectivity index (χ2v) is 8.02. The van der Waals surface area contributed by atoms with Crippen LogP contribution in [0.25, 0.3) is 10.9 Å². The van der Waals surface area contributed by atoms with Crippen molar-refractivity contribution in [1.29, 1.82) is 0 Å². The van der Waals surface area contributed by atoms with E-state index in [-0.39, 0.29) is 12.2 Å². The number of carbonyl (C=O) groups is 5. The van der Waals surface area contributed by atoms with E-state index < -0.39 is 66.9 Å². The zero-order chi connectivity index (χ0) is 26.1. The molecule has 1 aromatic heterocycles. The number of aromatic amines is 1. The number of fused-ring (bicyclic) bond motifs is 1. The third kappa shape index (κ3) is 7.70. The predicted octanol–water partition coefficient (Wildman–Crippen LogP) is -2.03. The first kappa shape index (κ1) is 27.6. The van der Waals surface area contributed by atoms with Crippen LogP contribution in [0.1, 0.15) is 12.0 Å². The maximum atomic E-state index is 12.7. The SMILES string of the molecule is NC(CC(=O)O)C(=O)NC(CO)C(=O)NC(CS)C(=O)NC(Cc1c[nH]c2ccccc12)C(=O)O. The highest BCUT2D eigenvalue weighted by molar-refractivity contribution is 7.80. The number of rotatable bonds is 13. The Morgan fingerprint density at radius 2 is 1.54 bits per heavy atom. The van der Waals surface area contributed by atoms with Crippen LogP contribution < -0.4 is 21.7 Å². The number of para-hydroxylation sites is 1. The van der Waals surface area contributed by atoms with Gasteiger partial charge in [-0.1, -0.05) is 18.2 Å². The number of carboxylic acids is 2. The third-order valence-corrected chi connectivity index (χ3v) is 5.44. The second-order valence-electron chi connectivity index (χ2n) is 7.65. The minimum atomic E-state index is -1.53. The van der Waals surface area contributed by atoms with Gasteiger partial charge in [-0.25, -0.2) is 4.79 Å². The van der Waals surface area contributed by atoms with Gasteiger partial charge < -0.3 is 42.0 Å². The molecule has 2 aromatic rings. The largest absolute Gasteiger partial charge is 0.481 e. The van der Waals surface area contributed by atoms with E-state index in [1.807, 2.05) is 18.2 Å². The van der Waals surface area contributed by atoms with Crippen LogP contribution >= 0.6 is 12.6 Å². The molecule has 1 heterocycles. The summed E-state index contributed by atoms with van der Waals surface area (Å²) in [6, 6.07) is 1.65. The quantitative estimate of drug-likeness (QED) is 0.136. The van der Waals surface area contributed by atoms with Crippen LogP contribution in [0.5, 0.6) is 0 Å². The number of amides is 3. The fourth-order valence-electron chi connectivity index (χ4n) is 3.21. The molecule has 4 atom stereocenters. The molecule has 0 saturated heterocycles. The fourth-order valence-corrected chi connectivity index (χ4v) is 3.47. The molecule has 13 nitrogen and oxygen atoms in total. The first-order chi connectivity index (χ1) is 16.6. The van der Waals surface area contributed by atoms with Crippen molar-refractivity contribution in [2.75, 3.05) is 12.4 Å².